The van der Waals surface area contributed by atoms with Crippen LogP contribution < -0.4 is 4.74 Å². The summed E-state index contributed by atoms with van der Waals surface area (Å²) in [5.41, 5.74) is 1.97. The van der Waals surface area contributed by atoms with Gasteiger partial charge < -0.3 is 14.5 Å². The number of ketones is 1. The summed E-state index contributed by atoms with van der Waals surface area (Å²) in [7, 11) is 3.48. The van der Waals surface area contributed by atoms with Crippen LogP contribution in [-0.2, 0) is 11.2 Å². The molecule has 0 saturated carbocycles. The van der Waals surface area contributed by atoms with Crippen molar-refractivity contribution in [2.75, 3.05) is 33.8 Å². The molecular weight excluding hydrogens is 376 g/mol. The molecule has 1 fully saturated rings. The van der Waals surface area contributed by atoms with E-state index in [2.05, 4.69) is 29.2 Å². The fourth-order valence-corrected chi connectivity index (χ4v) is 4.00. The lowest BCUT2D eigenvalue weighted by Gasteiger charge is -2.37. The normalized spacial score (nSPS) is 16.8. The third-order valence-corrected chi connectivity index (χ3v) is 5.96. The highest BCUT2D eigenvalue weighted by Crippen LogP contribution is 2.18. The number of carbonyl (C=O) groups is 2. The molecule has 1 atom stereocenters. The van der Waals surface area contributed by atoms with Gasteiger partial charge in [0.1, 0.15) is 5.75 Å². The van der Waals surface area contributed by atoms with Crippen LogP contribution in [0.1, 0.15) is 41.6 Å². The Kier molecular flexibility index (Phi) is 8.03. The molecule has 2 aromatic rings. The zero-order valence-electron chi connectivity index (χ0n) is 18.0. The molecule has 0 aromatic heterocycles. The second kappa shape index (κ2) is 10.9. The highest BCUT2D eigenvalue weighted by molar-refractivity contribution is 5.98. The van der Waals surface area contributed by atoms with E-state index in [-0.39, 0.29) is 30.6 Å². The van der Waals surface area contributed by atoms with Crippen LogP contribution in [0.5, 0.6) is 5.75 Å². The molecule has 5 heteroatoms. The number of nitrogens with zero attached hydrogens (tertiary/aromatic N) is 2. The van der Waals surface area contributed by atoms with E-state index >= 15 is 0 Å². The van der Waals surface area contributed by atoms with Crippen molar-refractivity contribution in [3.63, 3.8) is 0 Å². The number of rotatable bonds is 9. The molecule has 0 unspecified atom stereocenters. The zero-order chi connectivity index (χ0) is 21.3. The number of methoxy groups -OCH3 is 1. The Morgan fingerprint density at radius 1 is 1.07 bits per heavy atom. The van der Waals surface area contributed by atoms with Crippen molar-refractivity contribution in [2.45, 2.75) is 38.1 Å². The van der Waals surface area contributed by atoms with E-state index in [1.54, 1.807) is 31.4 Å². The van der Waals surface area contributed by atoms with Crippen molar-refractivity contribution in [3.05, 3.63) is 65.7 Å². The molecule has 0 aliphatic carbocycles. The Morgan fingerprint density at radius 3 is 2.50 bits per heavy atom. The van der Waals surface area contributed by atoms with Gasteiger partial charge in [0, 0.05) is 44.6 Å². The van der Waals surface area contributed by atoms with Gasteiger partial charge >= 0.3 is 0 Å². The Balaban J connectivity index is 1.45. The molecule has 0 bridgehead atoms. The zero-order valence-corrected chi connectivity index (χ0v) is 18.0. The fraction of sp³-hybridized carbons (Fsp3) is 0.440. The van der Waals surface area contributed by atoms with Gasteiger partial charge in [0.25, 0.3) is 0 Å². The summed E-state index contributed by atoms with van der Waals surface area (Å²) < 4.78 is 5.12. The van der Waals surface area contributed by atoms with E-state index in [0.717, 1.165) is 44.6 Å². The minimum absolute atomic E-state index is 0.00691. The Bertz CT molecular complexity index is 820. The molecule has 2 aromatic carbocycles. The van der Waals surface area contributed by atoms with E-state index in [9.17, 15) is 9.59 Å². The van der Waals surface area contributed by atoms with E-state index in [4.69, 9.17) is 4.74 Å². The first kappa shape index (κ1) is 22.0. The molecule has 5 nitrogen and oxygen atoms in total. The summed E-state index contributed by atoms with van der Waals surface area (Å²) in [4.78, 5) is 29.4. The van der Waals surface area contributed by atoms with Crippen LogP contribution in [0, 0.1) is 0 Å². The van der Waals surface area contributed by atoms with Crippen LogP contribution in [-0.4, -0.2) is 61.3 Å². The van der Waals surface area contributed by atoms with E-state index in [1.807, 2.05) is 18.0 Å². The highest BCUT2D eigenvalue weighted by atomic mass is 16.5. The minimum atomic E-state index is -0.00691. The number of likely N-dealkylation sites (N-methyl/N-ethyl adjacent to an activating group) is 1. The van der Waals surface area contributed by atoms with Crippen LogP contribution in [0.2, 0.25) is 0 Å². The Labute approximate surface area is 179 Å². The maximum absolute atomic E-state index is 12.7. The lowest BCUT2D eigenvalue weighted by Crippen LogP contribution is -2.49. The van der Waals surface area contributed by atoms with Crippen molar-refractivity contribution < 1.29 is 14.3 Å². The Hall–Kier alpha value is -2.66. The summed E-state index contributed by atoms with van der Waals surface area (Å²) in [5, 5.41) is 0. The molecule has 0 spiro atoms. The summed E-state index contributed by atoms with van der Waals surface area (Å²) >= 11 is 0. The van der Waals surface area contributed by atoms with Crippen molar-refractivity contribution in [3.8, 4) is 5.75 Å². The topological polar surface area (TPSA) is 49.9 Å². The number of Topliss-reactive ketones (excluding diaryl/α,β-unsaturated/α-hetero) is 1. The molecule has 30 heavy (non-hydrogen) atoms. The second-order valence-corrected chi connectivity index (χ2v) is 7.99. The maximum atomic E-state index is 12.7. The predicted octanol–water partition coefficient (Wildman–Crippen LogP) is 3.82. The number of hydrogen-bond donors (Lipinski definition) is 0. The fourth-order valence-electron chi connectivity index (χ4n) is 4.00. The number of ether oxygens (including phenoxy) is 1. The quantitative estimate of drug-likeness (QED) is 0.592. The molecule has 3 rings (SSSR count). The van der Waals surface area contributed by atoms with Gasteiger partial charge in [0.15, 0.2) is 5.78 Å². The summed E-state index contributed by atoms with van der Waals surface area (Å²) in [6, 6.07) is 17.8. The standard InChI is InChI=1S/C25H32N2O3/c1-26(25(29)15-14-24(28)21-10-12-23(30-2)13-11-21)22-9-6-17-27(19-22)18-16-20-7-4-3-5-8-20/h3-5,7-8,10-13,22H,6,9,14-19H2,1-2H3/t22-/m1/s1. The smallest absolute Gasteiger partial charge is 0.223 e. The number of piperidine rings is 1. The van der Waals surface area contributed by atoms with Crippen molar-refractivity contribution in [1.82, 2.24) is 9.80 Å². The van der Waals surface area contributed by atoms with Gasteiger partial charge in [-0.2, -0.15) is 0 Å². The molecule has 1 amide bonds. The third kappa shape index (κ3) is 6.17. The molecule has 1 aliphatic heterocycles. The van der Waals surface area contributed by atoms with Gasteiger partial charge in [-0.05, 0) is 55.6 Å². The van der Waals surface area contributed by atoms with Crippen LogP contribution in [0.15, 0.2) is 54.6 Å². The molecule has 1 saturated heterocycles. The number of likely N-dealkylation sites (tertiary alicyclic amines) is 1. The van der Waals surface area contributed by atoms with E-state index in [0.29, 0.717) is 5.56 Å². The van der Waals surface area contributed by atoms with Gasteiger partial charge in [-0.3, -0.25) is 9.59 Å². The average Bonchev–Trinajstić information content (AvgIpc) is 2.81. The van der Waals surface area contributed by atoms with Gasteiger partial charge in [-0.15, -0.1) is 0 Å². The number of carbonyl (C=O) groups excluding carboxylic acids is 2. The van der Waals surface area contributed by atoms with Gasteiger partial charge in [0.2, 0.25) is 5.91 Å². The SMILES string of the molecule is COc1ccc(C(=O)CCC(=O)N(C)[C@@H]2CCCN(CCc3ccccc3)C2)cc1. The summed E-state index contributed by atoms with van der Waals surface area (Å²) in [5.74, 6) is 0.760. The monoisotopic (exact) mass is 408 g/mol. The van der Waals surface area contributed by atoms with Gasteiger partial charge in [0.05, 0.1) is 7.11 Å². The third-order valence-electron chi connectivity index (χ3n) is 5.96. The van der Waals surface area contributed by atoms with E-state index in [1.165, 1.54) is 5.56 Å². The number of amides is 1. The van der Waals surface area contributed by atoms with Crippen LogP contribution in [0.25, 0.3) is 0 Å². The number of hydrogen-bond acceptors (Lipinski definition) is 4. The Morgan fingerprint density at radius 2 is 1.80 bits per heavy atom. The molecule has 0 radical (unpaired) electrons. The van der Waals surface area contributed by atoms with Crippen molar-refractivity contribution >= 4 is 11.7 Å². The second-order valence-electron chi connectivity index (χ2n) is 7.99. The van der Waals surface area contributed by atoms with Crippen molar-refractivity contribution in [2.24, 2.45) is 0 Å². The highest BCUT2D eigenvalue weighted by Gasteiger charge is 2.26. The maximum Gasteiger partial charge on any atom is 0.223 e. The number of benzene rings is 2. The molecule has 0 N–H and O–H groups in total. The molecular formula is C25H32N2O3. The van der Waals surface area contributed by atoms with Crippen LogP contribution in [0.3, 0.4) is 0 Å². The first-order valence-corrected chi connectivity index (χ1v) is 10.8. The predicted molar refractivity (Wildman–Crippen MR) is 119 cm³/mol. The van der Waals surface area contributed by atoms with Crippen LogP contribution in [0.4, 0.5) is 0 Å². The lowest BCUT2D eigenvalue weighted by atomic mass is 10.0. The minimum Gasteiger partial charge on any atom is -0.497 e. The van der Waals surface area contributed by atoms with Crippen molar-refractivity contribution in [1.29, 1.82) is 0 Å². The largest absolute Gasteiger partial charge is 0.497 e. The van der Waals surface area contributed by atoms with Gasteiger partial charge in [-0.25, -0.2) is 0 Å². The first-order chi connectivity index (χ1) is 14.6. The van der Waals surface area contributed by atoms with E-state index < -0.39 is 0 Å². The lowest BCUT2D eigenvalue weighted by molar-refractivity contribution is -0.133. The summed E-state index contributed by atoms with van der Waals surface area (Å²) in [6.45, 7) is 3.00. The summed E-state index contributed by atoms with van der Waals surface area (Å²) in [6.07, 6.45) is 3.64. The first-order valence-electron chi connectivity index (χ1n) is 10.8. The molecule has 1 heterocycles. The molecule has 1 aliphatic rings. The average molecular weight is 409 g/mol. The van der Waals surface area contributed by atoms with Gasteiger partial charge in [-0.1, -0.05) is 30.3 Å². The molecule has 160 valence electrons. The van der Waals surface area contributed by atoms with Crippen LogP contribution >= 0.6 is 0 Å².